The fourth-order valence-corrected chi connectivity index (χ4v) is 6.06. The third-order valence-corrected chi connectivity index (χ3v) is 8.00. The Morgan fingerprint density at radius 1 is 0.974 bits per heavy atom. The molecular formula is C32H45N3O4. The molecule has 7 nitrogen and oxygen atoms in total. The first-order valence-electron chi connectivity index (χ1n) is 14.4. The topological polar surface area (TPSA) is 90.9 Å². The first-order chi connectivity index (χ1) is 18.7. The van der Waals surface area contributed by atoms with Crippen LogP contribution in [-0.4, -0.2) is 58.8 Å². The second-order valence-corrected chi connectivity index (χ2v) is 12.3. The van der Waals surface area contributed by atoms with Crippen LogP contribution in [0.2, 0.25) is 0 Å². The zero-order chi connectivity index (χ0) is 27.8. The number of benzene rings is 2. The number of carbonyl (C=O) groups is 2. The minimum atomic E-state index is -0.875. The lowest BCUT2D eigenvalue weighted by molar-refractivity contribution is -0.132. The summed E-state index contributed by atoms with van der Waals surface area (Å²) in [6, 6.07) is 18.5. The van der Waals surface area contributed by atoms with E-state index >= 15 is 0 Å². The summed E-state index contributed by atoms with van der Waals surface area (Å²) in [5.74, 6) is 1.11. The predicted molar refractivity (Wildman–Crippen MR) is 153 cm³/mol. The average Bonchev–Trinajstić information content (AvgIpc) is 2.91. The summed E-state index contributed by atoms with van der Waals surface area (Å²) in [7, 11) is 0. The van der Waals surface area contributed by atoms with E-state index < -0.39 is 18.2 Å². The van der Waals surface area contributed by atoms with E-state index in [-0.39, 0.29) is 24.1 Å². The second kappa shape index (κ2) is 13.4. The lowest BCUT2D eigenvalue weighted by atomic mass is 9.72. The Kier molecular flexibility index (Phi) is 10.0. The van der Waals surface area contributed by atoms with Gasteiger partial charge in [-0.3, -0.25) is 9.69 Å². The molecule has 0 radical (unpaired) electrons. The summed E-state index contributed by atoms with van der Waals surface area (Å²) >= 11 is 0. The molecule has 2 aromatic carbocycles. The van der Waals surface area contributed by atoms with Crippen LogP contribution >= 0.6 is 0 Å². The quantitative estimate of drug-likeness (QED) is 0.434. The van der Waals surface area contributed by atoms with Gasteiger partial charge in [0, 0.05) is 18.6 Å². The molecule has 1 saturated carbocycles. The van der Waals surface area contributed by atoms with Crippen LogP contribution in [0.4, 0.5) is 4.79 Å². The van der Waals surface area contributed by atoms with Crippen LogP contribution in [0, 0.1) is 11.8 Å². The van der Waals surface area contributed by atoms with Gasteiger partial charge in [0.15, 0.2) is 0 Å². The van der Waals surface area contributed by atoms with Crippen LogP contribution in [0.25, 0.3) is 0 Å². The fourth-order valence-electron chi connectivity index (χ4n) is 6.06. The summed E-state index contributed by atoms with van der Waals surface area (Å²) in [6.07, 6.45) is 4.63. The summed E-state index contributed by atoms with van der Waals surface area (Å²) in [6.45, 7) is 7.25. The smallest absolute Gasteiger partial charge is 0.407 e. The van der Waals surface area contributed by atoms with E-state index in [9.17, 15) is 14.7 Å². The molecule has 1 aliphatic carbocycles. The van der Waals surface area contributed by atoms with Gasteiger partial charge < -0.3 is 20.5 Å². The van der Waals surface area contributed by atoms with Crippen molar-refractivity contribution < 1.29 is 19.4 Å². The number of rotatable bonds is 9. The second-order valence-electron chi connectivity index (χ2n) is 12.3. The summed E-state index contributed by atoms with van der Waals surface area (Å²) in [5.41, 5.74) is 1.58. The molecule has 7 heteroatoms. The van der Waals surface area contributed by atoms with E-state index in [4.69, 9.17) is 4.74 Å². The highest BCUT2D eigenvalue weighted by molar-refractivity contribution is 5.82. The van der Waals surface area contributed by atoms with Gasteiger partial charge in [-0.2, -0.15) is 0 Å². The van der Waals surface area contributed by atoms with E-state index in [0.717, 1.165) is 24.1 Å². The standard InChI is InChI=1S/C32H45N3O4/c1-32(2,3)34-30(37)28-19-25-16-10-11-17-26(25)20-35(28)21-29(36)27(18-23-12-6-4-7-13-23)33-31(38)39-22-24-14-8-5-9-15-24/h4-9,12-15,25-29,36H,10-11,16-22H2,1-3H3,(H,33,38)(H,34,37)/t25-,26+,27-,28-,29?/m0/s1. The van der Waals surface area contributed by atoms with Crippen molar-refractivity contribution in [1.29, 1.82) is 0 Å². The van der Waals surface area contributed by atoms with E-state index in [1.807, 2.05) is 81.4 Å². The third-order valence-electron chi connectivity index (χ3n) is 8.00. The fraction of sp³-hybridized carbons (Fsp3) is 0.562. The molecule has 2 amide bonds. The lowest BCUT2D eigenvalue weighted by Gasteiger charge is -2.47. The number of hydrogen-bond donors (Lipinski definition) is 3. The molecule has 212 valence electrons. The van der Waals surface area contributed by atoms with Gasteiger partial charge in [-0.15, -0.1) is 0 Å². The SMILES string of the molecule is CC(C)(C)NC(=O)[C@@H]1C[C@@H]2CCCC[C@@H]2CN1CC(O)[C@H](Cc1ccccc1)NC(=O)OCc1ccccc1. The number of ether oxygens (including phenoxy) is 1. The van der Waals surface area contributed by atoms with Gasteiger partial charge >= 0.3 is 6.09 Å². The van der Waals surface area contributed by atoms with Crippen molar-refractivity contribution in [2.24, 2.45) is 11.8 Å². The molecule has 4 rings (SSSR count). The van der Waals surface area contributed by atoms with E-state index in [0.29, 0.717) is 24.8 Å². The number of fused-ring (bicyclic) bond motifs is 1. The molecule has 39 heavy (non-hydrogen) atoms. The third kappa shape index (κ3) is 8.80. The molecule has 5 atom stereocenters. The summed E-state index contributed by atoms with van der Waals surface area (Å²) in [4.78, 5) is 28.4. The van der Waals surface area contributed by atoms with Crippen molar-refractivity contribution in [2.75, 3.05) is 13.1 Å². The Labute approximate surface area is 233 Å². The molecule has 0 spiro atoms. The van der Waals surface area contributed by atoms with E-state index in [1.54, 1.807) is 0 Å². The van der Waals surface area contributed by atoms with Crippen LogP contribution in [0.1, 0.15) is 64.0 Å². The molecule has 2 fully saturated rings. The Morgan fingerprint density at radius 3 is 2.23 bits per heavy atom. The molecule has 1 saturated heterocycles. The Balaban J connectivity index is 1.47. The minimum Gasteiger partial charge on any atom is -0.445 e. The van der Waals surface area contributed by atoms with Crippen LogP contribution in [0.3, 0.4) is 0 Å². The number of likely N-dealkylation sites (tertiary alicyclic amines) is 1. The molecule has 1 aliphatic heterocycles. The highest BCUT2D eigenvalue weighted by atomic mass is 16.5. The zero-order valence-electron chi connectivity index (χ0n) is 23.6. The zero-order valence-corrected chi connectivity index (χ0v) is 23.6. The van der Waals surface area contributed by atoms with Gasteiger partial charge in [0.05, 0.1) is 18.2 Å². The van der Waals surface area contributed by atoms with E-state index in [2.05, 4.69) is 15.5 Å². The Bertz CT molecular complexity index is 1060. The number of nitrogens with zero attached hydrogens (tertiary/aromatic N) is 1. The monoisotopic (exact) mass is 535 g/mol. The van der Waals surface area contributed by atoms with Gasteiger partial charge in [0.25, 0.3) is 0 Å². The number of aliphatic hydroxyl groups excluding tert-OH is 1. The van der Waals surface area contributed by atoms with Crippen LogP contribution in [0.5, 0.6) is 0 Å². The average molecular weight is 536 g/mol. The number of β-amino-alcohol motifs (C(OH)–C–C–N with tert-alkyl or cyclic N) is 1. The molecule has 2 aliphatic rings. The molecule has 2 aromatic rings. The number of nitrogens with one attached hydrogen (secondary N) is 2. The van der Waals surface area contributed by atoms with Gasteiger partial charge in [0.2, 0.25) is 5.91 Å². The maximum atomic E-state index is 13.4. The van der Waals surface area contributed by atoms with Crippen molar-refractivity contribution in [2.45, 2.75) is 89.6 Å². The normalized spacial score (nSPS) is 23.2. The molecule has 1 unspecified atom stereocenters. The number of amides is 2. The molecule has 0 aromatic heterocycles. The summed E-state index contributed by atoms with van der Waals surface area (Å²) < 4.78 is 5.48. The van der Waals surface area contributed by atoms with Crippen molar-refractivity contribution in [3.05, 3.63) is 71.8 Å². The van der Waals surface area contributed by atoms with Crippen molar-refractivity contribution >= 4 is 12.0 Å². The first-order valence-corrected chi connectivity index (χ1v) is 14.4. The number of carbonyl (C=O) groups excluding carboxylic acids is 2. The molecule has 3 N–H and O–H groups in total. The molecular weight excluding hydrogens is 490 g/mol. The first kappa shape index (κ1) is 29.1. The Morgan fingerprint density at radius 2 is 1.59 bits per heavy atom. The number of piperidine rings is 1. The minimum absolute atomic E-state index is 0.0218. The highest BCUT2D eigenvalue weighted by Gasteiger charge is 2.41. The van der Waals surface area contributed by atoms with E-state index in [1.165, 1.54) is 25.7 Å². The van der Waals surface area contributed by atoms with Crippen LogP contribution in [-0.2, 0) is 22.6 Å². The maximum absolute atomic E-state index is 13.4. The number of hydrogen-bond acceptors (Lipinski definition) is 5. The van der Waals surface area contributed by atoms with Crippen molar-refractivity contribution in [3.8, 4) is 0 Å². The van der Waals surface area contributed by atoms with Gasteiger partial charge in [-0.25, -0.2) is 4.79 Å². The largest absolute Gasteiger partial charge is 0.445 e. The van der Waals surface area contributed by atoms with Gasteiger partial charge in [-0.1, -0.05) is 79.9 Å². The van der Waals surface area contributed by atoms with Crippen LogP contribution < -0.4 is 10.6 Å². The highest BCUT2D eigenvalue weighted by Crippen LogP contribution is 2.39. The van der Waals surface area contributed by atoms with Crippen LogP contribution in [0.15, 0.2) is 60.7 Å². The Hall–Kier alpha value is -2.90. The summed E-state index contributed by atoms with van der Waals surface area (Å²) in [5, 5.41) is 17.6. The van der Waals surface area contributed by atoms with Crippen molar-refractivity contribution in [1.82, 2.24) is 15.5 Å². The predicted octanol–water partition coefficient (Wildman–Crippen LogP) is 4.68. The lowest BCUT2D eigenvalue weighted by Crippen LogP contribution is -2.60. The van der Waals surface area contributed by atoms with Crippen molar-refractivity contribution in [3.63, 3.8) is 0 Å². The van der Waals surface area contributed by atoms with Gasteiger partial charge in [0.1, 0.15) is 6.61 Å². The maximum Gasteiger partial charge on any atom is 0.407 e. The molecule has 1 heterocycles. The molecule has 0 bridgehead atoms. The van der Waals surface area contributed by atoms with Gasteiger partial charge in [-0.05, 0) is 63.0 Å². The number of alkyl carbamates (subject to hydrolysis) is 1. The number of aliphatic hydroxyl groups is 1.